The summed E-state index contributed by atoms with van der Waals surface area (Å²) >= 11 is 0. The molecule has 7 heteroatoms. The Hall–Kier alpha value is -2.12. The van der Waals surface area contributed by atoms with Crippen molar-refractivity contribution in [2.75, 3.05) is 26.8 Å². The number of ether oxygens (including phenoxy) is 2. The molecule has 1 spiro atoms. The van der Waals surface area contributed by atoms with Crippen LogP contribution in [0.4, 0.5) is 0 Å². The van der Waals surface area contributed by atoms with Gasteiger partial charge in [0.2, 0.25) is 5.91 Å². The molecule has 1 aromatic rings. The maximum absolute atomic E-state index is 13.1. The topological polar surface area (TPSA) is 88.1 Å². The third-order valence-corrected chi connectivity index (χ3v) is 7.03. The number of aliphatic hydroxyl groups is 1. The van der Waals surface area contributed by atoms with Gasteiger partial charge in [0.1, 0.15) is 11.9 Å². The smallest absolute Gasteiger partial charge is 0.254 e. The molecular formula is C23H32N2O5. The highest BCUT2D eigenvalue weighted by atomic mass is 16.5. The van der Waals surface area contributed by atoms with Gasteiger partial charge in [-0.05, 0) is 69.7 Å². The van der Waals surface area contributed by atoms with Crippen molar-refractivity contribution in [1.82, 2.24) is 10.2 Å². The maximum Gasteiger partial charge on any atom is 0.254 e. The number of benzene rings is 1. The Kier molecular flexibility index (Phi) is 5.53. The van der Waals surface area contributed by atoms with Crippen LogP contribution in [0.15, 0.2) is 18.2 Å². The first kappa shape index (κ1) is 21.1. The summed E-state index contributed by atoms with van der Waals surface area (Å²) in [5.74, 6) is 0.851. The Bertz CT molecular complexity index is 829. The molecule has 2 heterocycles. The van der Waals surface area contributed by atoms with E-state index in [0.29, 0.717) is 44.5 Å². The minimum atomic E-state index is -0.804. The maximum atomic E-state index is 13.1. The monoisotopic (exact) mass is 416 g/mol. The molecule has 3 fully saturated rings. The van der Waals surface area contributed by atoms with Gasteiger partial charge >= 0.3 is 0 Å². The Morgan fingerprint density at radius 1 is 1.23 bits per heavy atom. The number of nitrogens with one attached hydrogen (secondary N) is 1. The quantitative estimate of drug-likeness (QED) is 0.784. The number of piperidine rings is 1. The van der Waals surface area contributed by atoms with Gasteiger partial charge in [0.25, 0.3) is 5.91 Å². The van der Waals surface area contributed by atoms with Crippen LogP contribution in [-0.2, 0) is 9.53 Å². The van der Waals surface area contributed by atoms with Crippen LogP contribution in [0.2, 0.25) is 0 Å². The van der Waals surface area contributed by atoms with E-state index < -0.39 is 17.2 Å². The van der Waals surface area contributed by atoms with E-state index in [1.54, 1.807) is 19.2 Å². The van der Waals surface area contributed by atoms with Crippen LogP contribution >= 0.6 is 0 Å². The lowest BCUT2D eigenvalue weighted by atomic mass is 9.73. The summed E-state index contributed by atoms with van der Waals surface area (Å²) in [7, 11) is 1.61. The van der Waals surface area contributed by atoms with Gasteiger partial charge in [-0.3, -0.25) is 9.59 Å². The predicted octanol–water partition coefficient (Wildman–Crippen LogP) is 2.04. The molecule has 30 heavy (non-hydrogen) atoms. The van der Waals surface area contributed by atoms with E-state index in [0.717, 1.165) is 24.2 Å². The molecule has 1 aromatic carbocycles. The molecule has 3 aliphatic rings. The lowest BCUT2D eigenvalue weighted by molar-refractivity contribution is -0.205. The summed E-state index contributed by atoms with van der Waals surface area (Å²) in [5, 5.41) is 14.3. The van der Waals surface area contributed by atoms with Crippen LogP contribution < -0.4 is 10.1 Å². The third-order valence-electron chi connectivity index (χ3n) is 7.03. The van der Waals surface area contributed by atoms with Crippen molar-refractivity contribution in [3.05, 3.63) is 29.3 Å². The second-order valence-corrected chi connectivity index (χ2v) is 9.22. The van der Waals surface area contributed by atoms with Gasteiger partial charge < -0.3 is 24.8 Å². The molecular weight excluding hydrogens is 384 g/mol. The molecule has 0 unspecified atom stereocenters. The number of aliphatic hydroxyl groups excluding tert-OH is 1. The van der Waals surface area contributed by atoms with E-state index in [4.69, 9.17) is 9.47 Å². The van der Waals surface area contributed by atoms with E-state index >= 15 is 0 Å². The molecule has 2 aliphatic heterocycles. The third kappa shape index (κ3) is 3.81. The van der Waals surface area contributed by atoms with Crippen molar-refractivity contribution in [2.24, 2.45) is 5.92 Å². The van der Waals surface area contributed by atoms with Crippen molar-refractivity contribution >= 4 is 11.8 Å². The Morgan fingerprint density at radius 3 is 2.53 bits per heavy atom. The molecule has 2 N–H and O–H groups in total. The molecule has 7 nitrogen and oxygen atoms in total. The molecule has 2 saturated heterocycles. The van der Waals surface area contributed by atoms with E-state index in [1.165, 1.54) is 0 Å². The summed E-state index contributed by atoms with van der Waals surface area (Å²) in [5.41, 5.74) is 0.119. The predicted molar refractivity (Wildman–Crippen MR) is 111 cm³/mol. The molecule has 2 amide bonds. The lowest BCUT2D eigenvalue weighted by Gasteiger charge is -2.53. The molecule has 4 rings (SSSR count). The number of rotatable bonds is 4. The molecule has 1 aliphatic carbocycles. The lowest BCUT2D eigenvalue weighted by Crippen LogP contribution is -2.69. The number of amides is 2. The Morgan fingerprint density at radius 2 is 1.93 bits per heavy atom. The van der Waals surface area contributed by atoms with Crippen LogP contribution in [0, 0.1) is 12.8 Å². The van der Waals surface area contributed by atoms with Crippen LogP contribution in [0.25, 0.3) is 0 Å². The average molecular weight is 417 g/mol. The zero-order chi connectivity index (χ0) is 21.5. The van der Waals surface area contributed by atoms with Crippen molar-refractivity contribution in [1.29, 1.82) is 0 Å². The molecule has 0 bridgehead atoms. The summed E-state index contributed by atoms with van der Waals surface area (Å²) < 4.78 is 11.3. The minimum Gasteiger partial charge on any atom is -0.497 e. The average Bonchev–Trinajstić information content (AvgIpc) is 3.58. The van der Waals surface area contributed by atoms with Gasteiger partial charge in [-0.25, -0.2) is 0 Å². The van der Waals surface area contributed by atoms with Crippen LogP contribution in [0.5, 0.6) is 5.75 Å². The first-order valence-corrected chi connectivity index (χ1v) is 10.9. The molecule has 0 aromatic heterocycles. The number of carbonyl (C=O) groups is 2. The largest absolute Gasteiger partial charge is 0.497 e. The van der Waals surface area contributed by atoms with Crippen molar-refractivity contribution in [3.63, 3.8) is 0 Å². The van der Waals surface area contributed by atoms with Crippen LogP contribution in [0.1, 0.15) is 54.9 Å². The van der Waals surface area contributed by atoms with E-state index in [9.17, 15) is 14.7 Å². The number of methoxy groups -OCH3 is 1. The van der Waals surface area contributed by atoms with Crippen LogP contribution in [0.3, 0.4) is 0 Å². The van der Waals surface area contributed by atoms with E-state index in [-0.39, 0.29) is 17.7 Å². The number of aryl methyl sites for hydroxylation is 1. The normalized spacial score (nSPS) is 28.3. The van der Waals surface area contributed by atoms with Gasteiger partial charge in [-0.15, -0.1) is 0 Å². The summed E-state index contributed by atoms with van der Waals surface area (Å²) in [6.07, 6.45) is 2.74. The first-order valence-electron chi connectivity index (χ1n) is 10.9. The number of likely N-dealkylation sites (tertiary alicyclic amines) is 1. The summed E-state index contributed by atoms with van der Waals surface area (Å²) in [4.78, 5) is 27.2. The Balaban J connectivity index is 1.43. The molecule has 164 valence electrons. The second kappa shape index (κ2) is 7.85. The van der Waals surface area contributed by atoms with Crippen molar-refractivity contribution in [2.45, 2.75) is 63.2 Å². The number of nitrogens with zero attached hydrogens (tertiary/aromatic N) is 1. The summed E-state index contributed by atoms with van der Waals surface area (Å²) in [6, 6.07) is 5.46. The fourth-order valence-corrected chi connectivity index (χ4v) is 4.80. The van der Waals surface area contributed by atoms with Crippen LogP contribution in [-0.4, -0.2) is 65.9 Å². The van der Waals surface area contributed by atoms with Gasteiger partial charge in [0.05, 0.1) is 18.2 Å². The number of hydrogen-bond acceptors (Lipinski definition) is 5. The van der Waals surface area contributed by atoms with Crippen molar-refractivity contribution in [3.8, 4) is 5.75 Å². The Labute approximate surface area is 177 Å². The number of carbonyl (C=O) groups excluding carboxylic acids is 2. The molecule has 2 atom stereocenters. The van der Waals surface area contributed by atoms with Crippen molar-refractivity contribution < 1.29 is 24.2 Å². The van der Waals surface area contributed by atoms with Gasteiger partial charge in [-0.1, -0.05) is 0 Å². The SMILES string of the molecule is COc1ccc(C(=O)N2CCC3(CC2)OCC[C@@](C)(NC(=O)C2CC2)[C@@H]3O)c(C)c1. The minimum absolute atomic E-state index is 0.0138. The summed E-state index contributed by atoms with van der Waals surface area (Å²) in [6.45, 7) is 5.33. The molecule has 0 radical (unpaired) electrons. The zero-order valence-electron chi connectivity index (χ0n) is 18.1. The van der Waals surface area contributed by atoms with Gasteiger partial charge in [-0.2, -0.15) is 0 Å². The zero-order valence-corrected chi connectivity index (χ0v) is 18.1. The second-order valence-electron chi connectivity index (χ2n) is 9.22. The van der Waals surface area contributed by atoms with Gasteiger partial charge in [0, 0.05) is 31.2 Å². The first-order chi connectivity index (χ1) is 14.3. The fraction of sp³-hybridized carbons (Fsp3) is 0.652. The number of hydrogen-bond donors (Lipinski definition) is 2. The highest BCUT2D eigenvalue weighted by Gasteiger charge is 2.54. The molecule has 1 saturated carbocycles. The standard InChI is InChI=1S/C23H32N2O5/c1-15-14-17(29-3)6-7-18(15)20(27)25-11-8-23(9-12-25)21(28)22(2,10-13-30-23)24-19(26)16-4-5-16/h6-7,14,16,21,28H,4-5,8-13H2,1-3H3,(H,24,26)/t21-,22+/m0/s1. The fourth-order valence-electron chi connectivity index (χ4n) is 4.80. The van der Waals surface area contributed by atoms with E-state index in [2.05, 4.69) is 5.32 Å². The van der Waals surface area contributed by atoms with E-state index in [1.807, 2.05) is 24.8 Å². The highest BCUT2D eigenvalue weighted by Crippen LogP contribution is 2.41. The van der Waals surface area contributed by atoms with Gasteiger partial charge in [0.15, 0.2) is 0 Å². The highest BCUT2D eigenvalue weighted by molar-refractivity contribution is 5.96.